The normalized spacial score (nSPS) is 10.7. The minimum absolute atomic E-state index is 0.154. The lowest BCUT2D eigenvalue weighted by Crippen LogP contribution is -2.30. The predicted molar refractivity (Wildman–Crippen MR) is 175 cm³/mol. The number of aryl methyl sites for hydroxylation is 3. The van der Waals surface area contributed by atoms with Gasteiger partial charge in [-0.25, -0.2) is 0 Å². The summed E-state index contributed by atoms with van der Waals surface area (Å²) >= 11 is 14.2. The van der Waals surface area contributed by atoms with E-state index in [0.717, 1.165) is 36.3 Å². The fraction of sp³-hybridized carbons (Fsp3) is 0.355. The fourth-order valence-electron chi connectivity index (χ4n) is 4.29. The molecular formula is C31H35Br4NO4. The Morgan fingerprint density at radius 1 is 0.700 bits per heavy atom. The highest BCUT2D eigenvalue weighted by molar-refractivity contribution is 9.11. The average Bonchev–Trinajstić information content (AvgIpc) is 2.90. The largest absolute Gasteiger partial charge is 0.469 e. The van der Waals surface area contributed by atoms with Crippen molar-refractivity contribution in [1.29, 1.82) is 0 Å². The summed E-state index contributed by atoms with van der Waals surface area (Å²) in [4.78, 5) is 24.9. The summed E-state index contributed by atoms with van der Waals surface area (Å²) in [7, 11) is 2.84. The van der Waals surface area contributed by atoms with Gasteiger partial charge in [-0.1, -0.05) is 93.5 Å². The van der Waals surface area contributed by atoms with E-state index < -0.39 is 0 Å². The molecule has 0 spiro atoms. The van der Waals surface area contributed by atoms with E-state index in [4.69, 9.17) is 4.74 Å². The van der Waals surface area contributed by atoms with Gasteiger partial charge in [0.15, 0.2) is 0 Å². The van der Waals surface area contributed by atoms with Crippen LogP contribution < -0.4 is 0 Å². The van der Waals surface area contributed by atoms with Crippen LogP contribution in [0.25, 0.3) is 0 Å². The van der Waals surface area contributed by atoms with Gasteiger partial charge in [-0.05, 0) is 85.7 Å². The Bertz CT molecular complexity index is 1250. The molecule has 0 aromatic heterocycles. The summed E-state index contributed by atoms with van der Waals surface area (Å²) in [5, 5.41) is 0. The number of carbonyl (C=O) groups is 2. The van der Waals surface area contributed by atoms with E-state index in [0.29, 0.717) is 19.5 Å². The van der Waals surface area contributed by atoms with E-state index in [2.05, 4.69) is 106 Å². The lowest BCUT2D eigenvalue weighted by atomic mass is 9.99. The number of carbonyl (C=O) groups excluding carboxylic acids is 2. The maximum absolute atomic E-state index is 11.9. The van der Waals surface area contributed by atoms with E-state index >= 15 is 0 Å². The number of ether oxygens (including phenoxy) is 2. The molecular weight excluding hydrogens is 770 g/mol. The number of hydrogen-bond donors (Lipinski definition) is 0. The molecule has 9 heteroatoms. The Hall–Kier alpha value is -1.52. The molecule has 216 valence electrons. The molecule has 5 nitrogen and oxygen atoms in total. The quantitative estimate of drug-likeness (QED) is 0.192. The standard InChI is InChI=1S/C20H23Br2NO2.C11H12Br2O2/c1-13-8-14(2)16(15(3)9-13)10-23(12-20(24)25-4)11-17-18(21)6-5-7-19(17)22;1-15-11(14)7-2-4-8-9(12)5-3-6-10(8)13/h5-9H,10-12H2,1-4H3;3,5-6H,2,4,7H2,1H3. The topological polar surface area (TPSA) is 55.8 Å². The van der Waals surface area contributed by atoms with Gasteiger partial charge in [0, 0.05) is 37.4 Å². The molecule has 0 radical (unpaired) electrons. The molecule has 0 amide bonds. The third kappa shape index (κ3) is 11.0. The monoisotopic (exact) mass is 801 g/mol. The van der Waals surface area contributed by atoms with Crippen molar-refractivity contribution in [3.05, 3.63) is 99.8 Å². The van der Waals surface area contributed by atoms with Crippen LogP contribution in [0, 0.1) is 20.8 Å². The summed E-state index contributed by atoms with van der Waals surface area (Å²) in [5.41, 5.74) is 7.33. The van der Waals surface area contributed by atoms with Crippen LogP contribution in [0.15, 0.2) is 66.4 Å². The highest BCUT2D eigenvalue weighted by atomic mass is 79.9. The zero-order valence-corrected chi connectivity index (χ0v) is 29.8. The van der Waals surface area contributed by atoms with Crippen LogP contribution in [-0.4, -0.2) is 37.6 Å². The van der Waals surface area contributed by atoms with Crippen molar-refractivity contribution in [1.82, 2.24) is 4.90 Å². The maximum atomic E-state index is 11.9. The van der Waals surface area contributed by atoms with Gasteiger partial charge in [-0.2, -0.15) is 0 Å². The SMILES string of the molecule is COC(=O)CCCc1c(Br)cccc1Br.COC(=O)CN(Cc1c(C)cc(C)cc1C)Cc1c(Br)cccc1Br. The molecule has 0 N–H and O–H groups in total. The first-order valence-electron chi connectivity index (χ1n) is 12.7. The van der Waals surface area contributed by atoms with Gasteiger partial charge in [-0.15, -0.1) is 0 Å². The van der Waals surface area contributed by atoms with Gasteiger partial charge >= 0.3 is 11.9 Å². The van der Waals surface area contributed by atoms with Crippen LogP contribution in [-0.2, 0) is 38.6 Å². The molecule has 0 saturated carbocycles. The molecule has 3 rings (SSSR count). The highest BCUT2D eigenvalue weighted by Crippen LogP contribution is 2.28. The number of hydrogen-bond acceptors (Lipinski definition) is 5. The zero-order valence-electron chi connectivity index (χ0n) is 23.5. The Labute approximate surface area is 271 Å². The zero-order chi connectivity index (χ0) is 29.8. The third-order valence-corrected chi connectivity index (χ3v) is 9.31. The molecule has 0 heterocycles. The Morgan fingerprint density at radius 2 is 1.15 bits per heavy atom. The summed E-state index contributed by atoms with van der Waals surface area (Å²) in [6.45, 7) is 7.94. The van der Waals surface area contributed by atoms with Crippen molar-refractivity contribution in [2.45, 2.75) is 53.1 Å². The number of rotatable bonds is 10. The maximum Gasteiger partial charge on any atom is 0.319 e. The van der Waals surface area contributed by atoms with Gasteiger partial charge in [-0.3, -0.25) is 14.5 Å². The second-order valence-corrected chi connectivity index (χ2v) is 12.8. The lowest BCUT2D eigenvalue weighted by Gasteiger charge is -2.24. The number of methoxy groups -OCH3 is 2. The van der Waals surface area contributed by atoms with Crippen molar-refractivity contribution in [2.24, 2.45) is 0 Å². The second-order valence-electron chi connectivity index (χ2n) is 9.43. The summed E-state index contributed by atoms with van der Waals surface area (Å²) in [6.07, 6.45) is 2.12. The van der Waals surface area contributed by atoms with Gasteiger partial charge in [0.25, 0.3) is 0 Å². The van der Waals surface area contributed by atoms with Crippen molar-refractivity contribution in [3.8, 4) is 0 Å². The molecule has 0 aliphatic rings. The Morgan fingerprint density at radius 3 is 1.62 bits per heavy atom. The van der Waals surface area contributed by atoms with Crippen LogP contribution in [0.2, 0.25) is 0 Å². The van der Waals surface area contributed by atoms with Crippen molar-refractivity contribution < 1.29 is 19.1 Å². The number of halogens is 4. The number of nitrogens with zero attached hydrogens (tertiary/aromatic N) is 1. The van der Waals surface area contributed by atoms with Crippen LogP contribution in [0.3, 0.4) is 0 Å². The molecule has 0 saturated heterocycles. The first-order valence-corrected chi connectivity index (χ1v) is 15.9. The summed E-state index contributed by atoms with van der Waals surface area (Å²) < 4.78 is 13.7. The molecule has 0 atom stereocenters. The van der Waals surface area contributed by atoms with E-state index in [9.17, 15) is 9.59 Å². The van der Waals surface area contributed by atoms with Gasteiger partial charge in [0.2, 0.25) is 0 Å². The van der Waals surface area contributed by atoms with Gasteiger partial charge in [0.1, 0.15) is 0 Å². The van der Waals surface area contributed by atoms with Gasteiger partial charge < -0.3 is 9.47 Å². The molecule has 0 fully saturated rings. The Kier molecular flexibility index (Phi) is 15.1. The van der Waals surface area contributed by atoms with Crippen LogP contribution >= 0.6 is 63.7 Å². The minimum atomic E-state index is -0.231. The number of benzene rings is 3. The molecule has 0 bridgehead atoms. The van der Waals surface area contributed by atoms with E-state index in [1.54, 1.807) is 0 Å². The lowest BCUT2D eigenvalue weighted by molar-refractivity contribution is -0.142. The first kappa shape index (κ1) is 34.7. The van der Waals surface area contributed by atoms with Crippen molar-refractivity contribution in [3.63, 3.8) is 0 Å². The van der Waals surface area contributed by atoms with Crippen molar-refractivity contribution in [2.75, 3.05) is 20.8 Å². The van der Waals surface area contributed by atoms with E-state index in [1.165, 1.54) is 42.0 Å². The minimum Gasteiger partial charge on any atom is -0.469 e. The molecule has 40 heavy (non-hydrogen) atoms. The Balaban J connectivity index is 0.000000319. The van der Waals surface area contributed by atoms with E-state index in [-0.39, 0.29) is 18.5 Å². The first-order chi connectivity index (χ1) is 19.0. The average molecular weight is 805 g/mol. The third-order valence-electron chi connectivity index (χ3n) is 6.34. The van der Waals surface area contributed by atoms with Crippen LogP contribution in [0.5, 0.6) is 0 Å². The van der Waals surface area contributed by atoms with Crippen LogP contribution in [0.1, 0.15) is 46.2 Å². The summed E-state index contributed by atoms with van der Waals surface area (Å²) in [6, 6.07) is 16.3. The molecule has 3 aromatic rings. The van der Waals surface area contributed by atoms with Crippen LogP contribution in [0.4, 0.5) is 0 Å². The molecule has 3 aromatic carbocycles. The highest BCUT2D eigenvalue weighted by Gasteiger charge is 2.17. The predicted octanol–water partition coefficient (Wildman–Crippen LogP) is 9.02. The van der Waals surface area contributed by atoms with Gasteiger partial charge in [0.05, 0.1) is 20.8 Å². The summed E-state index contributed by atoms with van der Waals surface area (Å²) in [5.74, 6) is -0.385. The van der Waals surface area contributed by atoms with E-state index in [1.807, 2.05) is 36.4 Å². The molecule has 0 aliphatic heterocycles. The smallest absolute Gasteiger partial charge is 0.319 e. The molecule has 0 unspecified atom stereocenters. The molecule has 0 aliphatic carbocycles. The second kappa shape index (κ2) is 17.4. The van der Waals surface area contributed by atoms with Crippen molar-refractivity contribution >= 4 is 75.7 Å². The number of esters is 2. The fourth-order valence-corrected chi connectivity index (χ4v) is 6.93.